The molecule has 2 aliphatic carbocycles. The number of amides is 1. The Balaban J connectivity index is 1.27. The lowest BCUT2D eigenvalue weighted by molar-refractivity contribution is -0.133. The van der Waals surface area contributed by atoms with Crippen LogP contribution in [0.2, 0.25) is 10.0 Å². The summed E-state index contributed by atoms with van der Waals surface area (Å²) in [5, 5.41) is 19.8. The molecule has 50 heavy (non-hydrogen) atoms. The highest BCUT2D eigenvalue weighted by Crippen LogP contribution is 2.51. The van der Waals surface area contributed by atoms with E-state index in [9.17, 15) is 10.1 Å². The highest BCUT2D eigenvalue weighted by molar-refractivity contribution is 6.43. The van der Waals surface area contributed by atoms with Gasteiger partial charge in [-0.15, -0.1) is 0 Å². The van der Waals surface area contributed by atoms with Gasteiger partial charge in [0.1, 0.15) is 11.6 Å². The zero-order chi connectivity index (χ0) is 34.4. The van der Waals surface area contributed by atoms with Crippen LogP contribution in [0.3, 0.4) is 0 Å². The summed E-state index contributed by atoms with van der Waals surface area (Å²) in [6, 6.07) is 11.8. The summed E-state index contributed by atoms with van der Waals surface area (Å²) in [5.41, 5.74) is 4.39. The first-order chi connectivity index (χ1) is 24.2. The van der Waals surface area contributed by atoms with Crippen molar-refractivity contribution in [3.63, 3.8) is 0 Å². The lowest BCUT2D eigenvalue weighted by atomic mass is 9.79. The molecule has 10 rings (SSSR count). The molecule has 0 spiro atoms. The lowest BCUT2D eigenvalue weighted by Gasteiger charge is -2.39. The van der Waals surface area contributed by atoms with Gasteiger partial charge in [0.25, 0.3) is 0 Å². The molecule has 3 aromatic heterocycles. The van der Waals surface area contributed by atoms with Crippen LogP contribution in [0.4, 0.5) is 4.39 Å². The van der Waals surface area contributed by atoms with Gasteiger partial charge in [-0.05, 0) is 62.3 Å². The maximum absolute atomic E-state index is 17.1. The molecule has 0 unspecified atom stereocenters. The second-order valence-corrected chi connectivity index (χ2v) is 15.2. The Labute approximate surface area is 298 Å². The van der Waals surface area contributed by atoms with Gasteiger partial charge in [0.15, 0.2) is 11.6 Å². The van der Waals surface area contributed by atoms with Gasteiger partial charge < -0.3 is 19.5 Å². The monoisotopic (exact) mass is 711 g/mol. The molecule has 2 aromatic carbocycles. The maximum atomic E-state index is 17.1. The number of nitriles is 1. The second kappa shape index (κ2) is 12.0. The Hall–Kier alpha value is -4.17. The average molecular weight is 713 g/mol. The van der Waals surface area contributed by atoms with Crippen molar-refractivity contribution in [1.82, 2.24) is 29.5 Å². The number of halogens is 3. The molecule has 2 saturated carbocycles. The molecule has 6 heterocycles. The topological polar surface area (TPSA) is 101 Å². The number of carbonyl (C=O) groups is 1. The van der Waals surface area contributed by atoms with Crippen molar-refractivity contribution < 1.29 is 13.9 Å². The van der Waals surface area contributed by atoms with Crippen LogP contribution in [-0.2, 0) is 18.3 Å². The van der Waals surface area contributed by atoms with Crippen molar-refractivity contribution in [3.8, 4) is 22.9 Å². The molecule has 3 aliphatic heterocycles. The Morgan fingerprint density at radius 3 is 2.74 bits per heavy atom. The third kappa shape index (κ3) is 5.00. The highest BCUT2D eigenvalue weighted by atomic mass is 35.5. The number of pyridine rings is 1. The number of hydrogen-bond acceptors (Lipinski definition) is 6. The van der Waals surface area contributed by atoms with Crippen LogP contribution in [0.1, 0.15) is 61.1 Å². The molecule has 256 valence electrons. The molecular formula is C38H36Cl2FN7O2. The zero-order valence-corrected chi connectivity index (χ0v) is 29.3. The summed E-state index contributed by atoms with van der Waals surface area (Å²) in [4.78, 5) is 20.9. The van der Waals surface area contributed by atoms with E-state index in [1.165, 1.54) is 0 Å². The number of rotatable bonds is 8. The number of aryl methyl sites for hydroxylation is 3. The van der Waals surface area contributed by atoms with Gasteiger partial charge in [0.2, 0.25) is 5.91 Å². The van der Waals surface area contributed by atoms with Crippen LogP contribution in [0.15, 0.2) is 42.7 Å². The van der Waals surface area contributed by atoms with Gasteiger partial charge in [-0.2, -0.15) is 10.4 Å². The average Bonchev–Trinajstić information content (AvgIpc) is 3.52. The Kier molecular flexibility index (Phi) is 7.61. The van der Waals surface area contributed by atoms with E-state index in [2.05, 4.69) is 27.1 Å². The fourth-order valence-electron chi connectivity index (χ4n) is 8.72. The number of aromatic nitrogens is 4. The number of likely N-dealkylation sites (tertiary alicyclic amines) is 1. The molecule has 12 heteroatoms. The molecule has 1 N–H and O–H groups in total. The van der Waals surface area contributed by atoms with Gasteiger partial charge in [-0.25, -0.2) is 9.37 Å². The van der Waals surface area contributed by atoms with Crippen LogP contribution in [-0.4, -0.2) is 55.4 Å². The van der Waals surface area contributed by atoms with Gasteiger partial charge in [0.05, 0.1) is 52.7 Å². The number of hydrogen-bond donors (Lipinski definition) is 1. The number of fused-ring (bicyclic) bond motifs is 4. The van der Waals surface area contributed by atoms with Crippen molar-refractivity contribution in [3.05, 3.63) is 75.5 Å². The van der Waals surface area contributed by atoms with Crippen LogP contribution in [0.5, 0.6) is 5.75 Å². The smallest absolute Gasteiger partial charge is 0.226 e. The summed E-state index contributed by atoms with van der Waals surface area (Å²) < 4.78 is 27.7. The fourth-order valence-corrected chi connectivity index (χ4v) is 9.12. The van der Waals surface area contributed by atoms with Crippen molar-refractivity contribution in [2.75, 3.05) is 13.1 Å². The fraction of sp³-hybridized carbons (Fsp3) is 0.421. The Bertz CT molecular complexity index is 2240. The van der Waals surface area contributed by atoms with Crippen LogP contribution in [0, 0.1) is 35.9 Å². The minimum absolute atomic E-state index is 0.0479. The van der Waals surface area contributed by atoms with E-state index in [4.69, 9.17) is 32.9 Å². The first-order valence-electron chi connectivity index (χ1n) is 17.4. The molecule has 0 radical (unpaired) electrons. The normalized spacial score (nSPS) is 24.2. The largest absolute Gasteiger partial charge is 0.485 e. The molecule has 3 saturated heterocycles. The van der Waals surface area contributed by atoms with Gasteiger partial charge in [0, 0.05) is 71.7 Å². The molecule has 2 bridgehead atoms. The standard InChI is InChI=1S/C38H36Cl2FN7O2/c1-19-26-14-31(30-13-23(50-24-16-44-46(2)17-24)18-47(30)38(49)20-8-9-20)48(36-22-12-29(36)43-15-22)37(26)27-11-21(5-4-10-42)32(34(41)35(27)45-19)25-6-3-7-28(39)33(25)40/h3,6-7,11,14,16-17,20,22-23,29-30,36,43H,4-5,8-9,12-13,15,18H2,1-2H3/t22-,23+,29-,30-,36+/m1/s1. The second-order valence-electron chi connectivity index (χ2n) is 14.4. The van der Waals surface area contributed by atoms with E-state index in [0.29, 0.717) is 63.8 Å². The minimum Gasteiger partial charge on any atom is -0.485 e. The molecule has 1 amide bonds. The number of benzene rings is 2. The van der Waals surface area contributed by atoms with E-state index in [1.807, 2.05) is 31.1 Å². The van der Waals surface area contributed by atoms with E-state index >= 15 is 4.39 Å². The van der Waals surface area contributed by atoms with Gasteiger partial charge >= 0.3 is 0 Å². The molecule has 9 nitrogen and oxygen atoms in total. The van der Waals surface area contributed by atoms with Gasteiger partial charge in [-0.3, -0.25) is 9.48 Å². The van der Waals surface area contributed by atoms with Crippen molar-refractivity contribution in [2.45, 2.75) is 69.7 Å². The number of nitrogens with one attached hydrogen (secondary N) is 1. The summed E-state index contributed by atoms with van der Waals surface area (Å²) in [6.07, 6.45) is 7.42. The molecule has 5 aliphatic rings. The molecular weight excluding hydrogens is 676 g/mol. The first kappa shape index (κ1) is 31.8. The molecule has 5 aromatic rings. The highest BCUT2D eigenvalue weighted by Gasteiger charge is 2.51. The third-order valence-electron chi connectivity index (χ3n) is 11.2. The lowest BCUT2D eigenvalue weighted by Crippen LogP contribution is -2.41. The Morgan fingerprint density at radius 1 is 1.20 bits per heavy atom. The van der Waals surface area contributed by atoms with Crippen molar-refractivity contribution >= 4 is 50.9 Å². The van der Waals surface area contributed by atoms with Crippen molar-refractivity contribution in [1.29, 1.82) is 5.26 Å². The van der Waals surface area contributed by atoms with E-state index in [1.54, 1.807) is 29.1 Å². The van der Waals surface area contributed by atoms with Crippen molar-refractivity contribution in [2.24, 2.45) is 18.9 Å². The summed E-state index contributed by atoms with van der Waals surface area (Å²) in [7, 11) is 1.86. The van der Waals surface area contributed by atoms with Crippen LogP contribution < -0.4 is 10.1 Å². The van der Waals surface area contributed by atoms with E-state index < -0.39 is 5.82 Å². The quantitative estimate of drug-likeness (QED) is 0.179. The number of carbonyl (C=O) groups excluding carboxylic acids is 1. The zero-order valence-electron chi connectivity index (χ0n) is 27.8. The first-order valence-corrected chi connectivity index (χ1v) is 18.1. The minimum atomic E-state index is -0.482. The van der Waals surface area contributed by atoms with E-state index in [-0.39, 0.29) is 53.0 Å². The maximum Gasteiger partial charge on any atom is 0.226 e. The van der Waals surface area contributed by atoms with Crippen LogP contribution in [0.25, 0.3) is 32.9 Å². The SMILES string of the molecule is Cc1nc2c(F)c(-c3cccc(Cl)c3Cl)c(CCC#N)cc2c2c1cc([C@H]1C[C@H](Oc3cnn(C)c3)CN1C(=O)C1CC1)n2[C@H]1[C@H]2CN[C@@H]1C2. The van der Waals surface area contributed by atoms with Crippen LogP contribution >= 0.6 is 23.2 Å². The third-order valence-corrected chi connectivity index (χ3v) is 12.0. The number of nitrogens with zero attached hydrogens (tertiary/aromatic N) is 6. The summed E-state index contributed by atoms with van der Waals surface area (Å²) in [6.45, 7) is 3.33. The molecule has 5 fully saturated rings. The van der Waals surface area contributed by atoms with Gasteiger partial charge in [-0.1, -0.05) is 35.3 Å². The Morgan fingerprint density at radius 2 is 2.04 bits per heavy atom. The summed E-state index contributed by atoms with van der Waals surface area (Å²) in [5.74, 6) is 0.839. The predicted octanol–water partition coefficient (Wildman–Crippen LogP) is 7.46. The predicted molar refractivity (Wildman–Crippen MR) is 190 cm³/mol. The van der Waals surface area contributed by atoms with E-state index in [0.717, 1.165) is 42.4 Å². The molecule has 5 atom stereocenters. The summed E-state index contributed by atoms with van der Waals surface area (Å²) >= 11 is 13.1. The number of ether oxygens (including phenoxy) is 1.